The minimum absolute atomic E-state index is 0.940. The van der Waals surface area contributed by atoms with Gasteiger partial charge in [0.2, 0.25) is 0 Å². The SMILES string of the molecule is c1ccc(-c2ccc3c(c2)c2c(-c4ccc5c(c4)c4cccc6c7ccccc7n5c64)ccc4oc5cccc3c5c42)cc1. The van der Waals surface area contributed by atoms with E-state index in [4.69, 9.17) is 4.42 Å². The second-order valence-electron chi connectivity index (χ2n) is 12.1. The third kappa shape index (κ3) is 2.72. The van der Waals surface area contributed by atoms with E-state index in [1.807, 2.05) is 0 Å². The maximum Gasteiger partial charge on any atom is 0.136 e. The van der Waals surface area contributed by atoms with E-state index >= 15 is 0 Å². The van der Waals surface area contributed by atoms with Crippen LogP contribution >= 0.6 is 0 Å². The van der Waals surface area contributed by atoms with Gasteiger partial charge in [0.15, 0.2) is 0 Å². The van der Waals surface area contributed by atoms with Crippen molar-refractivity contribution in [3.05, 3.63) is 140 Å². The van der Waals surface area contributed by atoms with Crippen LogP contribution in [0, 0.1) is 0 Å². The highest BCUT2D eigenvalue weighted by atomic mass is 16.3. The first-order chi connectivity index (χ1) is 21.8. The molecule has 44 heavy (non-hydrogen) atoms. The summed E-state index contributed by atoms with van der Waals surface area (Å²) in [7, 11) is 0. The maximum absolute atomic E-state index is 6.47. The lowest BCUT2D eigenvalue weighted by atomic mass is 9.88. The number of hydrogen-bond donors (Lipinski definition) is 0. The Bertz CT molecular complexity index is 2920. The topological polar surface area (TPSA) is 17.6 Å². The summed E-state index contributed by atoms with van der Waals surface area (Å²) < 4.78 is 8.92. The molecule has 0 saturated carbocycles. The highest BCUT2D eigenvalue weighted by molar-refractivity contribution is 6.36. The van der Waals surface area contributed by atoms with Gasteiger partial charge in [-0.1, -0.05) is 103 Å². The maximum atomic E-state index is 6.47. The van der Waals surface area contributed by atoms with E-state index in [-0.39, 0.29) is 0 Å². The predicted octanol–water partition coefficient (Wildman–Crippen LogP) is 11.8. The van der Waals surface area contributed by atoms with Gasteiger partial charge in [-0.3, -0.25) is 0 Å². The molecule has 3 aromatic heterocycles. The van der Waals surface area contributed by atoms with Crippen molar-refractivity contribution in [1.82, 2.24) is 4.40 Å². The van der Waals surface area contributed by atoms with Crippen LogP contribution in [0.3, 0.4) is 0 Å². The highest BCUT2D eigenvalue weighted by Crippen LogP contribution is 2.48. The molecule has 0 fully saturated rings. The summed E-state index contributed by atoms with van der Waals surface area (Å²) in [5.41, 5.74) is 10.6. The molecule has 3 heterocycles. The molecule has 202 valence electrons. The first-order valence-corrected chi connectivity index (χ1v) is 15.2. The summed E-state index contributed by atoms with van der Waals surface area (Å²) in [6.07, 6.45) is 0. The van der Waals surface area contributed by atoms with Crippen LogP contribution in [0.5, 0.6) is 0 Å². The van der Waals surface area contributed by atoms with Crippen LogP contribution in [0.4, 0.5) is 0 Å². The number of benzene rings is 8. The quantitative estimate of drug-likeness (QED) is 0.193. The van der Waals surface area contributed by atoms with Gasteiger partial charge in [0, 0.05) is 37.7 Å². The molecule has 0 N–H and O–H groups in total. The lowest BCUT2D eigenvalue weighted by Crippen LogP contribution is -1.88. The van der Waals surface area contributed by atoms with E-state index in [0.29, 0.717) is 0 Å². The molecule has 0 bridgehead atoms. The van der Waals surface area contributed by atoms with Crippen LogP contribution in [0.1, 0.15) is 0 Å². The van der Waals surface area contributed by atoms with Gasteiger partial charge in [0.25, 0.3) is 0 Å². The first kappa shape index (κ1) is 22.7. The Morgan fingerprint density at radius 3 is 2.00 bits per heavy atom. The molecule has 2 nitrogen and oxygen atoms in total. The number of furan rings is 1. The molecule has 0 saturated heterocycles. The lowest BCUT2D eigenvalue weighted by molar-refractivity contribution is 0.669. The smallest absolute Gasteiger partial charge is 0.136 e. The largest absolute Gasteiger partial charge is 0.456 e. The van der Waals surface area contributed by atoms with Gasteiger partial charge in [0.05, 0.1) is 16.6 Å². The Morgan fingerprint density at radius 2 is 1.07 bits per heavy atom. The second-order valence-corrected chi connectivity index (χ2v) is 12.1. The number of nitrogens with zero attached hydrogens (tertiary/aromatic N) is 1. The van der Waals surface area contributed by atoms with Crippen molar-refractivity contribution < 1.29 is 4.42 Å². The average molecular weight is 558 g/mol. The van der Waals surface area contributed by atoms with Crippen LogP contribution in [0.15, 0.2) is 144 Å². The summed E-state index contributed by atoms with van der Waals surface area (Å²) in [5, 5.41) is 12.6. The van der Waals surface area contributed by atoms with E-state index in [0.717, 1.165) is 11.2 Å². The Balaban J connectivity index is 1.28. The van der Waals surface area contributed by atoms with Gasteiger partial charge >= 0.3 is 0 Å². The monoisotopic (exact) mass is 557 g/mol. The van der Waals surface area contributed by atoms with E-state index in [1.54, 1.807) is 0 Å². The van der Waals surface area contributed by atoms with Crippen molar-refractivity contribution in [3.63, 3.8) is 0 Å². The Morgan fingerprint density at radius 1 is 0.364 bits per heavy atom. The molecule has 0 aliphatic heterocycles. The molecule has 11 aromatic rings. The molecule has 11 rings (SSSR count). The van der Waals surface area contributed by atoms with Crippen molar-refractivity contribution in [3.8, 4) is 22.3 Å². The number of para-hydroxylation sites is 2. The van der Waals surface area contributed by atoms with Crippen LogP contribution < -0.4 is 0 Å². The summed E-state index contributed by atoms with van der Waals surface area (Å²) in [6.45, 7) is 0. The Kier molecular flexibility index (Phi) is 4.10. The molecule has 0 atom stereocenters. The molecule has 0 amide bonds. The normalized spacial score (nSPS) is 12.5. The summed E-state index contributed by atoms with van der Waals surface area (Å²) in [4.78, 5) is 0. The lowest BCUT2D eigenvalue weighted by Gasteiger charge is -2.14. The third-order valence-electron chi connectivity index (χ3n) is 9.88. The summed E-state index contributed by atoms with van der Waals surface area (Å²) in [5.74, 6) is 0. The minimum atomic E-state index is 0.940. The van der Waals surface area contributed by atoms with Gasteiger partial charge in [-0.05, 0) is 74.8 Å². The molecular formula is C42H23NO. The molecule has 0 unspecified atom stereocenters. The van der Waals surface area contributed by atoms with Gasteiger partial charge < -0.3 is 8.82 Å². The summed E-state index contributed by atoms with van der Waals surface area (Å²) >= 11 is 0. The fraction of sp³-hybridized carbons (Fsp3) is 0. The molecule has 0 radical (unpaired) electrons. The van der Waals surface area contributed by atoms with Crippen LogP contribution in [-0.4, -0.2) is 4.40 Å². The van der Waals surface area contributed by atoms with Gasteiger partial charge in [0.1, 0.15) is 11.2 Å². The zero-order valence-electron chi connectivity index (χ0n) is 23.6. The molecule has 0 aliphatic carbocycles. The fourth-order valence-electron chi connectivity index (χ4n) is 8.05. The van der Waals surface area contributed by atoms with Crippen molar-refractivity contribution in [2.24, 2.45) is 0 Å². The number of aromatic nitrogens is 1. The highest BCUT2D eigenvalue weighted by Gasteiger charge is 2.22. The van der Waals surface area contributed by atoms with E-state index in [1.165, 1.54) is 92.7 Å². The van der Waals surface area contributed by atoms with Gasteiger partial charge in [-0.2, -0.15) is 0 Å². The predicted molar refractivity (Wildman–Crippen MR) is 185 cm³/mol. The average Bonchev–Trinajstić information content (AvgIpc) is 3.75. The van der Waals surface area contributed by atoms with Gasteiger partial charge in [-0.25, -0.2) is 0 Å². The molecule has 0 spiro atoms. The number of fused-ring (bicyclic) bond motifs is 9. The van der Waals surface area contributed by atoms with Crippen LogP contribution in [0.2, 0.25) is 0 Å². The Labute approximate surface area is 251 Å². The molecular weight excluding hydrogens is 534 g/mol. The Hall–Kier alpha value is -5.86. The number of rotatable bonds is 2. The van der Waals surface area contributed by atoms with Crippen molar-refractivity contribution in [1.29, 1.82) is 0 Å². The second kappa shape index (κ2) is 7.94. The number of hydrogen-bond acceptors (Lipinski definition) is 1. The molecule has 8 aromatic carbocycles. The van der Waals surface area contributed by atoms with Crippen molar-refractivity contribution in [2.75, 3.05) is 0 Å². The van der Waals surface area contributed by atoms with Crippen molar-refractivity contribution >= 4 is 81.6 Å². The fourth-order valence-corrected chi connectivity index (χ4v) is 8.05. The zero-order valence-corrected chi connectivity index (χ0v) is 23.6. The minimum Gasteiger partial charge on any atom is -0.456 e. The third-order valence-corrected chi connectivity index (χ3v) is 9.88. The first-order valence-electron chi connectivity index (χ1n) is 15.2. The molecule has 0 aliphatic rings. The standard InChI is InChI=1S/C42H23NO/c1-2-8-24(9-3-1)25-16-18-28-30-11-7-15-37-40(30)41-38(44-37)21-19-27(39(41)34(28)22-25)26-17-20-36-33(23-26)32-13-6-12-31-29-10-4-5-14-35(29)43(36)42(31)32/h1-23H. The van der Waals surface area contributed by atoms with Crippen molar-refractivity contribution in [2.45, 2.75) is 0 Å². The summed E-state index contributed by atoms with van der Waals surface area (Å²) in [6, 6.07) is 51.0. The van der Waals surface area contributed by atoms with Crippen LogP contribution in [0.25, 0.3) is 104 Å². The zero-order chi connectivity index (χ0) is 28.5. The molecule has 2 heteroatoms. The van der Waals surface area contributed by atoms with E-state index in [2.05, 4.69) is 144 Å². The van der Waals surface area contributed by atoms with Crippen LogP contribution in [-0.2, 0) is 0 Å². The van der Waals surface area contributed by atoms with E-state index in [9.17, 15) is 0 Å². The van der Waals surface area contributed by atoms with E-state index < -0.39 is 0 Å². The van der Waals surface area contributed by atoms with Gasteiger partial charge in [-0.15, -0.1) is 0 Å².